The van der Waals surface area contributed by atoms with Crippen molar-refractivity contribution in [2.45, 2.75) is 19.8 Å². The number of carbonyl (C=O) groups excluding carboxylic acids is 1. The minimum absolute atomic E-state index is 0.0949. The smallest absolute Gasteiger partial charge is 0.305 e. The largest absolute Gasteiger partial charge is 0.481 e. The molecule has 0 radical (unpaired) electrons. The highest BCUT2D eigenvalue weighted by Gasteiger charge is 2.21. The molecule has 7 heteroatoms. The van der Waals surface area contributed by atoms with Crippen molar-refractivity contribution in [3.8, 4) is 5.69 Å². The van der Waals surface area contributed by atoms with E-state index in [1.165, 1.54) is 11.1 Å². The number of halogens is 1. The van der Waals surface area contributed by atoms with Crippen molar-refractivity contribution >= 4 is 23.5 Å². The number of rotatable bonds is 6. The molecule has 0 aliphatic carbocycles. The van der Waals surface area contributed by atoms with Crippen LogP contribution in [0.2, 0.25) is 5.02 Å². The van der Waals surface area contributed by atoms with Crippen molar-refractivity contribution in [2.75, 3.05) is 13.6 Å². The number of hydrogen-bond donors (Lipinski definition) is 1. The third-order valence-electron chi connectivity index (χ3n) is 3.52. The Morgan fingerprint density at radius 2 is 2.04 bits per heavy atom. The molecule has 1 N–H and O–H groups in total. The standard InChI is InChI=1S/C16H18ClN3O3/c1-3-13-11(16(23)19(2)9-8-15(21)22)10-18-20(13)14-7-5-4-6-12(14)17/h4-7,10H,3,8-9H2,1-2H3,(H,21,22). The summed E-state index contributed by atoms with van der Waals surface area (Å²) in [7, 11) is 1.58. The Morgan fingerprint density at radius 3 is 2.65 bits per heavy atom. The normalized spacial score (nSPS) is 10.6. The average molecular weight is 336 g/mol. The van der Waals surface area contributed by atoms with Crippen LogP contribution >= 0.6 is 11.6 Å². The zero-order valence-corrected chi connectivity index (χ0v) is 13.7. The molecule has 6 nitrogen and oxygen atoms in total. The summed E-state index contributed by atoms with van der Waals surface area (Å²) < 4.78 is 1.65. The molecule has 1 aromatic heterocycles. The lowest BCUT2D eigenvalue weighted by Gasteiger charge is -2.16. The molecule has 0 saturated heterocycles. The number of para-hydroxylation sites is 1. The van der Waals surface area contributed by atoms with Crippen LogP contribution in [0.1, 0.15) is 29.4 Å². The summed E-state index contributed by atoms with van der Waals surface area (Å²) in [6, 6.07) is 7.27. The minimum Gasteiger partial charge on any atom is -0.481 e. The zero-order chi connectivity index (χ0) is 17.0. The number of amides is 1. The fourth-order valence-corrected chi connectivity index (χ4v) is 2.51. The van der Waals surface area contributed by atoms with Crippen LogP contribution in [0, 0.1) is 0 Å². The van der Waals surface area contributed by atoms with Gasteiger partial charge in [-0.15, -0.1) is 0 Å². The molecule has 2 aromatic rings. The molecule has 0 spiro atoms. The maximum absolute atomic E-state index is 12.5. The van der Waals surface area contributed by atoms with Crippen LogP contribution in [0.25, 0.3) is 5.69 Å². The second kappa shape index (κ2) is 7.28. The molecule has 0 aliphatic heterocycles. The first-order valence-electron chi connectivity index (χ1n) is 7.24. The van der Waals surface area contributed by atoms with E-state index in [1.54, 1.807) is 17.8 Å². The SMILES string of the molecule is CCc1c(C(=O)N(C)CCC(=O)O)cnn1-c1ccccc1Cl. The first kappa shape index (κ1) is 17.0. The van der Waals surface area contributed by atoms with Crippen LogP contribution < -0.4 is 0 Å². The summed E-state index contributed by atoms with van der Waals surface area (Å²) in [6.45, 7) is 2.08. The highest BCUT2D eigenvalue weighted by molar-refractivity contribution is 6.32. The summed E-state index contributed by atoms with van der Waals surface area (Å²) in [6.07, 6.45) is 2.00. The minimum atomic E-state index is -0.938. The number of carboxylic acid groups (broad SMARTS) is 1. The predicted octanol–water partition coefficient (Wildman–Crippen LogP) is 2.63. The van der Waals surface area contributed by atoms with Crippen molar-refractivity contribution in [2.24, 2.45) is 0 Å². The monoisotopic (exact) mass is 335 g/mol. The van der Waals surface area contributed by atoms with E-state index in [1.807, 2.05) is 25.1 Å². The maximum Gasteiger partial charge on any atom is 0.305 e. The number of nitrogens with zero attached hydrogens (tertiary/aromatic N) is 3. The van der Waals surface area contributed by atoms with Crippen LogP contribution in [0.3, 0.4) is 0 Å². The number of aliphatic carboxylic acids is 1. The van der Waals surface area contributed by atoms with Gasteiger partial charge in [-0.2, -0.15) is 5.10 Å². The maximum atomic E-state index is 12.5. The van der Waals surface area contributed by atoms with E-state index in [9.17, 15) is 9.59 Å². The number of carbonyl (C=O) groups is 2. The van der Waals surface area contributed by atoms with Crippen LogP contribution in [-0.4, -0.2) is 45.3 Å². The van der Waals surface area contributed by atoms with E-state index in [4.69, 9.17) is 16.7 Å². The Labute approximate surface area is 139 Å². The molecule has 1 heterocycles. The van der Waals surface area contributed by atoms with Gasteiger partial charge in [-0.25, -0.2) is 4.68 Å². The molecule has 0 saturated carbocycles. The van der Waals surface area contributed by atoms with E-state index in [-0.39, 0.29) is 18.9 Å². The zero-order valence-electron chi connectivity index (χ0n) is 13.0. The quantitative estimate of drug-likeness (QED) is 0.880. The molecule has 0 bridgehead atoms. The van der Waals surface area contributed by atoms with Gasteiger partial charge in [0.05, 0.1) is 34.6 Å². The Hall–Kier alpha value is -2.34. The van der Waals surface area contributed by atoms with Crippen LogP contribution in [0.5, 0.6) is 0 Å². The van der Waals surface area contributed by atoms with Gasteiger partial charge < -0.3 is 10.0 Å². The van der Waals surface area contributed by atoms with E-state index in [0.29, 0.717) is 22.7 Å². The number of aromatic nitrogens is 2. The van der Waals surface area contributed by atoms with Crippen molar-refractivity contribution in [3.63, 3.8) is 0 Å². The third-order valence-corrected chi connectivity index (χ3v) is 3.84. The van der Waals surface area contributed by atoms with Crippen LogP contribution in [0.15, 0.2) is 30.5 Å². The van der Waals surface area contributed by atoms with Gasteiger partial charge in [0.15, 0.2) is 0 Å². The van der Waals surface area contributed by atoms with Gasteiger partial charge >= 0.3 is 5.97 Å². The lowest BCUT2D eigenvalue weighted by Crippen LogP contribution is -2.29. The van der Waals surface area contributed by atoms with Gasteiger partial charge in [0, 0.05) is 13.6 Å². The molecule has 23 heavy (non-hydrogen) atoms. The molecular weight excluding hydrogens is 318 g/mol. The van der Waals surface area contributed by atoms with Gasteiger partial charge in [0.25, 0.3) is 5.91 Å². The van der Waals surface area contributed by atoms with E-state index in [2.05, 4.69) is 5.10 Å². The molecule has 122 valence electrons. The van der Waals surface area contributed by atoms with Gasteiger partial charge in [-0.1, -0.05) is 30.7 Å². The fraction of sp³-hybridized carbons (Fsp3) is 0.312. The lowest BCUT2D eigenvalue weighted by molar-refractivity contribution is -0.137. The Bertz CT molecular complexity index is 727. The number of hydrogen-bond acceptors (Lipinski definition) is 3. The predicted molar refractivity (Wildman–Crippen MR) is 87.2 cm³/mol. The van der Waals surface area contributed by atoms with E-state index in [0.717, 1.165) is 5.69 Å². The summed E-state index contributed by atoms with van der Waals surface area (Å²) in [5.41, 5.74) is 1.91. The first-order valence-corrected chi connectivity index (χ1v) is 7.62. The van der Waals surface area contributed by atoms with Gasteiger partial charge in [0.1, 0.15) is 0 Å². The van der Waals surface area contributed by atoms with E-state index >= 15 is 0 Å². The van der Waals surface area contributed by atoms with Crippen molar-refractivity contribution in [1.29, 1.82) is 0 Å². The third kappa shape index (κ3) is 3.71. The molecule has 1 amide bonds. The highest BCUT2D eigenvalue weighted by Crippen LogP contribution is 2.23. The summed E-state index contributed by atoms with van der Waals surface area (Å²) >= 11 is 6.20. The Kier molecular flexibility index (Phi) is 5.39. The first-order chi connectivity index (χ1) is 11.0. The van der Waals surface area contributed by atoms with Gasteiger partial charge in [-0.05, 0) is 18.6 Å². The lowest BCUT2D eigenvalue weighted by atomic mass is 10.1. The Balaban J connectivity index is 2.33. The second-order valence-electron chi connectivity index (χ2n) is 5.09. The van der Waals surface area contributed by atoms with Crippen molar-refractivity contribution in [3.05, 3.63) is 46.7 Å². The molecule has 0 aliphatic rings. The second-order valence-corrected chi connectivity index (χ2v) is 5.50. The van der Waals surface area contributed by atoms with Gasteiger partial charge in [-0.3, -0.25) is 9.59 Å². The van der Waals surface area contributed by atoms with Crippen molar-refractivity contribution < 1.29 is 14.7 Å². The van der Waals surface area contributed by atoms with E-state index < -0.39 is 5.97 Å². The summed E-state index contributed by atoms with van der Waals surface area (Å²) in [5, 5.41) is 13.6. The molecule has 2 rings (SSSR count). The summed E-state index contributed by atoms with van der Waals surface area (Å²) in [4.78, 5) is 24.5. The number of carboxylic acids is 1. The molecule has 0 fully saturated rings. The topological polar surface area (TPSA) is 75.4 Å². The van der Waals surface area contributed by atoms with Gasteiger partial charge in [0.2, 0.25) is 0 Å². The Morgan fingerprint density at radius 1 is 1.35 bits per heavy atom. The van der Waals surface area contributed by atoms with Crippen LogP contribution in [-0.2, 0) is 11.2 Å². The van der Waals surface area contributed by atoms with Crippen LogP contribution in [0.4, 0.5) is 0 Å². The van der Waals surface area contributed by atoms with Crippen molar-refractivity contribution in [1.82, 2.24) is 14.7 Å². The molecule has 0 unspecified atom stereocenters. The fourth-order valence-electron chi connectivity index (χ4n) is 2.29. The number of benzene rings is 1. The molecule has 1 aromatic carbocycles. The summed E-state index contributed by atoms with van der Waals surface area (Å²) in [5.74, 6) is -1.19. The average Bonchev–Trinajstić information content (AvgIpc) is 2.95. The highest BCUT2D eigenvalue weighted by atomic mass is 35.5. The molecular formula is C16H18ClN3O3. The molecule has 0 atom stereocenters.